The van der Waals surface area contributed by atoms with Gasteiger partial charge in [-0.2, -0.15) is 5.10 Å². The Hall–Kier alpha value is -0.680. The first-order chi connectivity index (χ1) is 7.47. The maximum Gasteiger partial charge on any atom is 0.141 e. The summed E-state index contributed by atoms with van der Waals surface area (Å²) in [5.74, 6) is 0.237. The van der Waals surface area contributed by atoms with Gasteiger partial charge in [0.25, 0.3) is 0 Å². The molecule has 0 fully saturated rings. The highest BCUT2D eigenvalue weighted by Gasteiger charge is 2.18. The monoisotopic (exact) mass is 287 g/mol. The molecular formula is C11H18BrN3O. The van der Waals surface area contributed by atoms with Gasteiger partial charge in [0.1, 0.15) is 5.78 Å². The molecule has 0 saturated heterocycles. The largest absolute Gasteiger partial charge is 0.330 e. The molecule has 4 nitrogen and oxygen atoms in total. The summed E-state index contributed by atoms with van der Waals surface area (Å²) in [6.07, 6.45) is 1.16. The molecule has 0 aliphatic carbocycles. The van der Waals surface area contributed by atoms with Gasteiger partial charge in [-0.3, -0.25) is 9.48 Å². The predicted molar refractivity (Wildman–Crippen MR) is 67.2 cm³/mol. The van der Waals surface area contributed by atoms with Crippen molar-refractivity contribution in [2.24, 2.45) is 18.7 Å². The Morgan fingerprint density at radius 3 is 2.69 bits per heavy atom. The van der Waals surface area contributed by atoms with Crippen molar-refractivity contribution >= 4 is 21.7 Å². The fourth-order valence-electron chi connectivity index (χ4n) is 1.62. The van der Waals surface area contributed by atoms with E-state index in [9.17, 15) is 4.79 Å². The Kier molecular flexibility index (Phi) is 4.68. The molecule has 1 heterocycles. The van der Waals surface area contributed by atoms with Crippen molar-refractivity contribution in [3.63, 3.8) is 0 Å². The van der Waals surface area contributed by atoms with Crippen LogP contribution in [0.3, 0.4) is 0 Å². The highest BCUT2D eigenvalue weighted by molar-refractivity contribution is 9.10. The molecule has 0 saturated carbocycles. The molecule has 0 amide bonds. The molecule has 0 aromatic carbocycles. The molecule has 0 radical (unpaired) electrons. The van der Waals surface area contributed by atoms with E-state index in [2.05, 4.69) is 21.0 Å². The zero-order valence-electron chi connectivity index (χ0n) is 9.96. The van der Waals surface area contributed by atoms with Gasteiger partial charge in [-0.05, 0) is 35.8 Å². The summed E-state index contributed by atoms with van der Waals surface area (Å²) in [7, 11) is 1.86. The highest BCUT2D eigenvalue weighted by atomic mass is 79.9. The Bertz CT molecular complexity index is 387. The second kappa shape index (κ2) is 5.59. The lowest BCUT2D eigenvalue weighted by atomic mass is 9.99. The molecule has 0 aliphatic rings. The van der Waals surface area contributed by atoms with Crippen LogP contribution in [0.4, 0.5) is 0 Å². The van der Waals surface area contributed by atoms with Crippen molar-refractivity contribution < 1.29 is 4.79 Å². The van der Waals surface area contributed by atoms with E-state index >= 15 is 0 Å². The number of aromatic nitrogens is 2. The number of halogens is 1. The van der Waals surface area contributed by atoms with Gasteiger partial charge >= 0.3 is 0 Å². The standard InChI is InChI=1S/C11H18BrN3O/c1-7(4-5-13)10(16)6-9-11(12)8(2)14-15(9)3/h7H,4-6,13H2,1-3H3. The highest BCUT2D eigenvalue weighted by Crippen LogP contribution is 2.21. The van der Waals surface area contributed by atoms with Crippen LogP contribution in [-0.4, -0.2) is 22.1 Å². The van der Waals surface area contributed by atoms with Crippen molar-refractivity contribution in [2.45, 2.75) is 26.7 Å². The number of hydrogen-bond donors (Lipinski definition) is 1. The van der Waals surface area contributed by atoms with Crippen LogP contribution < -0.4 is 5.73 Å². The smallest absolute Gasteiger partial charge is 0.141 e. The molecule has 2 N–H and O–H groups in total. The van der Waals surface area contributed by atoms with Crippen LogP contribution in [0.25, 0.3) is 0 Å². The molecule has 0 bridgehead atoms. The third-order valence-electron chi connectivity index (χ3n) is 2.75. The summed E-state index contributed by atoms with van der Waals surface area (Å²) in [4.78, 5) is 11.9. The number of nitrogens with two attached hydrogens (primary N) is 1. The molecule has 0 aliphatic heterocycles. The van der Waals surface area contributed by atoms with Gasteiger partial charge in [0, 0.05) is 19.4 Å². The van der Waals surface area contributed by atoms with Crippen LogP contribution in [0.1, 0.15) is 24.7 Å². The summed E-state index contributed by atoms with van der Waals surface area (Å²) in [6.45, 7) is 4.40. The van der Waals surface area contributed by atoms with Gasteiger partial charge in [-0.15, -0.1) is 0 Å². The minimum atomic E-state index is 0.0205. The Morgan fingerprint density at radius 2 is 2.25 bits per heavy atom. The van der Waals surface area contributed by atoms with Gasteiger partial charge in [0.15, 0.2) is 0 Å². The number of rotatable bonds is 5. The second-order valence-corrected chi connectivity index (χ2v) is 4.88. The Morgan fingerprint density at radius 1 is 1.62 bits per heavy atom. The van der Waals surface area contributed by atoms with Crippen molar-refractivity contribution in [1.29, 1.82) is 0 Å². The van der Waals surface area contributed by atoms with Crippen LogP contribution in [0.15, 0.2) is 4.47 Å². The summed E-state index contributed by atoms with van der Waals surface area (Å²) in [5.41, 5.74) is 7.30. The number of aryl methyl sites for hydroxylation is 2. The molecule has 1 atom stereocenters. The van der Waals surface area contributed by atoms with E-state index in [1.165, 1.54) is 0 Å². The maximum absolute atomic E-state index is 11.9. The minimum absolute atomic E-state index is 0.0205. The lowest BCUT2D eigenvalue weighted by Crippen LogP contribution is -2.18. The van der Waals surface area contributed by atoms with Crippen LogP contribution in [0.2, 0.25) is 0 Å². The van der Waals surface area contributed by atoms with E-state index in [4.69, 9.17) is 5.73 Å². The summed E-state index contributed by atoms with van der Waals surface area (Å²) in [6, 6.07) is 0. The van der Waals surface area contributed by atoms with Gasteiger partial charge in [-0.25, -0.2) is 0 Å². The normalized spacial score (nSPS) is 12.8. The molecule has 1 rings (SSSR count). The van der Waals surface area contributed by atoms with Gasteiger partial charge < -0.3 is 5.73 Å². The fraction of sp³-hybridized carbons (Fsp3) is 0.636. The number of Topliss-reactive ketones (excluding diaryl/α,β-unsaturated/α-hetero) is 1. The molecule has 1 aromatic rings. The van der Waals surface area contributed by atoms with Gasteiger partial charge in [0.05, 0.1) is 15.9 Å². The third-order valence-corrected chi connectivity index (χ3v) is 3.78. The second-order valence-electron chi connectivity index (χ2n) is 4.09. The fourth-order valence-corrected chi connectivity index (χ4v) is 2.10. The van der Waals surface area contributed by atoms with E-state index in [0.29, 0.717) is 13.0 Å². The van der Waals surface area contributed by atoms with Gasteiger partial charge in [-0.1, -0.05) is 6.92 Å². The lowest BCUT2D eigenvalue weighted by Gasteiger charge is -2.09. The Labute approximate surface area is 104 Å². The molecule has 16 heavy (non-hydrogen) atoms. The third kappa shape index (κ3) is 2.92. The zero-order chi connectivity index (χ0) is 12.3. The molecule has 0 spiro atoms. The number of carbonyl (C=O) groups is 1. The first-order valence-corrected chi connectivity index (χ1v) is 6.17. The number of ketones is 1. The van der Waals surface area contributed by atoms with E-state index in [-0.39, 0.29) is 11.7 Å². The van der Waals surface area contributed by atoms with Crippen LogP contribution >= 0.6 is 15.9 Å². The average Bonchev–Trinajstić information content (AvgIpc) is 2.45. The van der Waals surface area contributed by atoms with E-state index in [0.717, 1.165) is 22.3 Å². The molecule has 90 valence electrons. The number of nitrogens with zero attached hydrogens (tertiary/aromatic N) is 2. The van der Waals surface area contributed by atoms with Crippen LogP contribution in [-0.2, 0) is 18.3 Å². The predicted octanol–water partition coefficient (Wildman–Crippen LogP) is 1.59. The minimum Gasteiger partial charge on any atom is -0.330 e. The lowest BCUT2D eigenvalue weighted by molar-refractivity contribution is -0.121. The molecule has 1 unspecified atom stereocenters. The molecule has 5 heteroatoms. The topological polar surface area (TPSA) is 60.9 Å². The average molecular weight is 288 g/mol. The number of hydrogen-bond acceptors (Lipinski definition) is 3. The Balaban J connectivity index is 2.77. The summed E-state index contributed by atoms with van der Waals surface area (Å²) in [5, 5.41) is 4.26. The first-order valence-electron chi connectivity index (χ1n) is 5.38. The van der Waals surface area contributed by atoms with E-state index < -0.39 is 0 Å². The SMILES string of the molecule is Cc1nn(C)c(CC(=O)C(C)CCN)c1Br. The first kappa shape index (κ1) is 13.4. The zero-order valence-corrected chi connectivity index (χ0v) is 11.5. The van der Waals surface area contributed by atoms with Crippen molar-refractivity contribution in [3.05, 3.63) is 15.9 Å². The van der Waals surface area contributed by atoms with Crippen LogP contribution in [0, 0.1) is 12.8 Å². The van der Waals surface area contributed by atoms with Crippen LogP contribution in [0.5, 0.6) is 0 Å². The van der Waals surface area contributed by atoms with Crippen molar-refractivity contribution in [3.8, 4) is 0 Å². The van der Waals surface area contributed by atoms with Crippen molar-refractivity contribution in [2.75, 3.05) is 6.54 Å². The summed E-state index contributed by atoms with van der Waals surface area (Å²) >= 11 is 3.46. The molecular weight excluding hydrogens is 270 g/mol. The van der Waals surface area contributed by atoms with Crippen molar-refractivity contribution in [1.82, 2.24) is 9.78 Å². The number of carbonyl (C=O) groups excluding carboxylic acids is 1. The summed E-state index contributed by atoms with van der Waals surface area (Å²) < 4.78 is 2.69. The van der Waals surface area contributed by atoms with Gasteiger partial charge in [0.2, 0.25) is 0 Å². The molecule has 1 aromatic heterocycles. The quantitative estimate of drug-likeness (QED) is 0.895. The van der Waals surface area contributed by atoms with E-state index in [1.54, 1.807) is 4.68 Å². The van der Waals surface area contributed by atoms with E-state index in [1.807, 2.05) is 20.9 Å². The maximum atomic E-state index is 11.9.